The molecule has 1 N–H and O–H groups in total. The molecule has 138 valence electrons. The van der Waals surface area contributed by atoms with Gasteiger partial charge in [-0.25, -0.2) is 13.6 Å². The average molecular weight is 359 g/mol. The van der Waals surface area contributed by atoms with Crippen LogP contribution < -0.4 is 5.32 Å². The zero-order chi connectivity index (χ0) is 18.4. The summed E-state index contributed by atoms with van der Waals surface area (Å²) < 4.78 is 27.3. The van der Waals surface area contributed by atoms with E-state index in [1.807, 2.05) is 6.07 Å². The number of nitrogens with one attached hydrogen (secondary N) is 1. The highest BCUT2D eigenvalue weighted by Crippen LogP contribution is 2.12. The molecule has 0 bridgehead atoms. The average Bonchev–Trinajstić information content (AvgIpc) is 2.66. The second kappa shape index (κ2) is 8.76. The van der Waals surface area contributed by atoms with Gasteiger partial charge in [0, 0.05) is 44.8 Å². The number of hydrogen-bond acceptors (Lipinski definition) is 2. The van der Waals surface area contributed by atoms with Crippen molar-refractivity contribution in [1.29, 1.82) is 0 Å². The van der Waals surface area contributed by atoms with Gasteiger partial charge in [0.1, 0.15) is 11.6 Å². The van der Waals surface area contributed by atoms with Gasteiger partial charge in [-0.2, -0.15) is 0 Å². The van der Waals surface area contributed by atoms with Crippen LogP contribution in [-0.2, 0) is 13.0 Å². The van der Waals surface area contributed by atoms with Crippen LogP contribution >= 0.6 is 0 Å². The minimum atomic E-state index is -0.247. The number of benzene rings is 2. The zero-order valence-corrected chi connectivity index (χ0v) is 14.6. The van der Waals surface area contributed by atoms with Crippen LogP contribution in [0.3, 0.4) is 0 Å². The first kappa shape index (κ1) is 18.3. The van der Waals surface area contributed by atoms with Gasteiger partial charge in [0.05, 0.1) is 0 Å². The van der Waals surface area contributed by atoms with Gasteiger partial charge in [0.15, 0.2) is 0 Å². The molecule has 0 spiro atoms. The first-order valence-corrected chi connectivity index (χ1v) is 8.85. The van der Waals surface area contributed by atoms with Crippen LogP contribution in [0.4, 0.5) is 13.6 Å². The van der Waals surface area contributed by atoms with Gasteiger partial charge in [-0.1, -0.05) is 36.4 Å². The molecule has 26 heavy (non-hydrogen) atoms. The second-order valence-corrected chi connectivity index (χ2v) is 6.43. The molecule has 4 nitrogen and oxygen atoms in total. The molecule has 3 rings (SSSR count). The molecule has 1 aliphatic rings. The van der Waals surface area contributed by atoms with Gasteiger partial charge >= 0.3 is 6.03 Å². The van der Waals surface area contributed by atoms with E-state index in [1.54, 1.807) is 35.2 Å². The topological polar surface area (TPSA) is 35.6 Å². The summed E-state index contributed by atoms with van der Waals surface area (Å²) in [4.78, 5) is 16.1. The summed E-state index contributed by atoms with van der Waals surface area (Å²) >= 11 is 0. The van der Waals surface area contributed by atoms with Crippen molar-refractivity contribution in [3.63, 3.8) is 0 Å². The number of piperazine rings is 1. The maximum Gasteiger partial charge on any atom is 0.317 e. The molecule has 0 saturated carbocycles. The Labute approximate surface area is 152 Å². The Bertz CT molecular complexity index is 745. The summed E-state index contributed by atoms with van der Waals surface area (Å²) in [7, 11) is 0. The monoisotopic (exact) mass is 359 g/mol. The molecule has 0 aliphatic carbocycles. The Balaban J connectivity index is 1.41. The lowest BCUT2D eigenvalue weighted by molar-refractivity contribution is 0.134. The van der Waals surface area contributed by atoms with Crippen molar-refractivity contribution < 1.29 is 13.6 Å². The molecular weight excluding hydrogens is 336 g/mol. The molecule has 0 atom stereocenters. The molecule has 2 amide bonds. The molecule has 2 aromatic rings. The van der Waals surface area contributed by atoms with E-state index in [9.17, 15) is 13.6 Å². The lowest BCUT2D eigenvalue weighted by Gasteiger charge is -2.34. The lowest BCUT2D eigenvalue weighted by Crippen LogP contribution is -2.51. The van der Waals surface area contributed by atoms with Crippen molar-refractivity contribution in [2.45, 2.75) is 13.0 Å². The zero-order valence-electron chi connectivity index (χ0n) is 14.6. The number of nitrogens with zero attached hydrogens (tertiary/aromatic N) is 2. The van der Waals surface area contributed by atoms with Crippen LogP contribution in [0.15, 0.2) is 48.5 Å². The normalized spacial score (nSPS) is 15.1. The van der Waals surface area contributed by atoms with Crippen molar-refractivity contribution >= 4 is 6.03 Å². The Morgan fingerprint density at radius 3 is 2.08 bits per heavy atom. The van der Waals surface area contributed by atoms with Crippen molar-refractivity contribution in [2.24, 2.45) is 0 Å². The van der Waals surface area contributed by atoms with Gasteiger partial charge in [0.25, 0.3) is 0 Å². The van der Waals surface area contributed by atoms with E-state index in [0.717, 1.165) is 0 Å². The van der Waals surface area contributed by atoms with E-state index in [2.05, 4.69) is 10.2 Å². The molecule has 6 heteroatoms. The van der Waals surface area contributed by atoms with E-state index in [0.29, 0.717) is 56.8 Å². The molecule has 0 unspecified atom stereocenters. The highest BCUT2D eigenvalue weighted by Gasteiger charge is 2.21. The van der Waals surface area contributed by atoms with Crippen LogP contribution in [0.1, 0.15) is 11.1 Å². The summed E-state index contributed by atoms with van der Waals surface area (Å²) in [5.41, 5.74) is 1.28. The quantitative estimate of drug-likeness (QED) is 0.891. The fourth-order valence-corrected chi connectivity index (χ4v) is 3.09. The van der Waals surface area contributed by atoms with Crippen LogP contribution in [0.25, 0.3) is 0 Å². The highest BCUT2D eigenvalue weighted by molar-refractivity contribution is 5.74. The molecule has 0 radical (unpaired) electrons. The van der Waals surface area contributed by atoms with Gasteiger partial charge in [-0.15, -0.1) is 0 Å². The third-order valence-corrected chi connectivity index (χ3v) is 4.64. The smallest absolute Gasteiger partial charge is 0.317 e. The van der Waals surface area contributed by atoms with Crippen LogP contribution in [0.2, 0.25) is 0 Å². The SMILES string of the molecule is O=C(NCCc1ccccc1F)N1CCN(Cc2ccccc2F)CC1. The maximum absolute atomic E-state index is 13.7. The number of amides is 2. The minimum Gasteiger partial charge on any atom is -0.338 e. The summed E-state index contributed by atoms with van der Waals surface area (Å²) in [6.07, 6.45) is 0.464. The van der Waals surface area contributed by atoms with Crippen molar-refractivity contribution in [3.05, 3.63) is 71.3 Å². The predicted molar refractivity (Wildman–Crippen MR) is 96.8 cm³/mol. The first-order valence-electron chi connectivity index (χ1n) is 8.85. The molecule has 0 aromatic heterocycles. The molecular formula is C20H23F2N3O. The van der Waals surface area contributed by atoms with Crippen molar-refractivity contribution in [1.82, 2.24) is 15.1 Å². The minimum absolute atomic E-state index is 0.133. The molecule has 1 aliphatic heterocycles. The van der Waals surface area contributed by atoms with E-state index in [1.165, 1.54) is 12.1 Å². The maximum atomic E-state index is 13.7. The van der Waals surface area contributed by atoms with Gasteiger partial charge < -0.3 is 10.2 Å². The predicted octanol–water partition coefficient (Wildman–Crippen LogP) is 3.03. The van der Waals surface area contributed by atoms with Crippen molar-refractivity contribution in [2.75, 3.05) is 32.7 Å². The van der Waals surface area contributed by atoms with Crippen LogP contribution in [0, 0.1) is 11.6 Å². The Kier molecular flexibility index (Phi) is 6.17. The van der Waals surface area contributed by atoms with E-state index < -0.39 is 0 Å². The summed E-state index contributed by atoms with van der Waals surface area (Å²) in [5.74, 6) is -0.440. The Hall–Kier alpha value is -2.47. The fourth-order valence-electron chi connectivity index (χ4n) is 3.09. The number of hydrogen-bond donors (Lipinski definition) is 1. The Morgan fingerprint density at radius 1 is 0.885 bits per heavy atom. The van der Waals surface area contributed by atoms with E-state index in [-0.39, 0.29) is 17.7 Å². The largest absolute Gasteiger partial charge is 0.338 e. The molecule has 1 saturated heterocycles. The standard InChI is InChI=1S/C20H23F2N3O/c21-18-7-3-1-5-16(18)9-10-23-20(26)25-13-11-24(12-14-25)15-17-6-2-4-8-19(17)22/h1-8H,9-15H2,(H,23,26). The third kappa shape index (κ3) is 4.79. The Morgan fingerprint density at radius 2 is 1.46 bits per heavy atom. The molecule has 1 heterocycles. The van der Waals surface area contributed by atoms with Crippen molar-refractivity contribution in [3.8, 4) is 0 Å². The summed E-state index contributed by atoms with van der Waals surface area (Å²) in [6, 6.07) is 13.2. The number of carbonyl (C=O) groups is 1. The highest BCUT2D eigenvalue weighted by atomic mass is 19.1. The number of carbonyl (C=O) groups excluding carboxylic acids is 1. The molecule has 2 aromatic carbocycles. The summed E-state index contributed by atoms with van der Waals surface area (Å²) in [6.45, 7) is 3.55. The summed E-state index contributed by atoms with van der Waals surface area (Å²) in [5, 5.41) is 2.84. The first-order chi connectivity index (χ1) is 12.6. The molecule has 1 fully saturated rings. The van der Waals surface area contributed by atoms with E-state index >= 15 is 0 Å². The third-order valence-electron chi connectivity index (χ3n) is 4.64. The lowest BCUT2D eigenvalue weighted by atomic mass is 10.1. The fraction of sp³-hybridized carbons (Fsp3) is 0.350. The number of halogens is 2. The van der Waals surface area contributed by atoms with Gasteiger partial charge in [-0.05, 0) is 24.1 Å². The second-order valence-electron chi connectivity index (χ2n) is 6.43. The van der Waals surface area contributed by atoms with Gasteiger partial charge in [-0.3, -0.25) is 4.90 Å². The van der Waals surface area contributed by atoms with Gasteiger partial charge in [0.2, 0.25) is 0 Å². The van der Waals surface area contributed by atoms with Crippen LogP contribution in [0.5, 0.6) is 0 Å². The van der Waals surface area contributed by atoms with Crippen LogP contribution in [-0.4, -0.2) is 48.6 Å². The van der Waals surface area contributed by atoms with E-state index in [4.69, 9.17) is 0 Å². The number of rotatable bonds is 5. The number of urea groups is 1.